The quantitative estimate of drug-likeness (QED) is 0.833. The molecule has 0 spiro atoms. The van der Waals surface area contributed by atoms with Crippen molar-refractivity contribution in [2.24, 2.45) is 17.8 Å². The Labute approximate surface area is 133 Å². The van der Waals surface area contributed by atoms with Crippen molar-refractivity contribution in [3.63, 3.8) is 0 Å². The third-order valence-corrected chi connectivity index (χ3v) is 5.09. The van der Waals surface area contributed by atoms with Gasteiger partial charge in [-0.05, 0) is 19.8 Å². The minimum absolute atomic E-state index is 0.186. The van der Waals surface area contributed by atoms with Crippen LogP contribution in [0.2, 0.25) is 0 Å². The number of amides is 2. The zero-order valence-electron chi connectivity index (χ0n) is 13.1. The predicted molar refractivity (Wildman–Crippen MR) is 81.8 cm³/mol. The lowest BCUT2D eigenvalue weighted by Gasteiger charge is -2.21. The molecule has 23 heavy (non-hydrogen) atoms. The van der Waals surface area contributed by atoms with E-state index in [0.29, 0.717) is 36.7 Å². The van der Waals surface area contributed by atoms with Crippen LogP contribution in [-0.4, -0.2) is 57.8 Å². The molecule has 0 radical (unpaired) electrons. The van der Waals surface area contributed by atoms with Crippen molar-refractivity contribution >= 4 is 11.8 Å². The summed E-state index contributed by atoms with van der Waals surface area (Å²) in [6.45, 7) is 4.46. The van der Waals surface area contributed by atoms with E-state index in [9.17, 15) is 14.4 Å². The minimum atomic E-state index is -0.304. The highest BCUT2D eigenvalue weighted by molar-refractivity contribution is 5.92. The number of nitrogens with zero attached hydrogens (tertiary/aromatic N) is 3. The number of hydrogen-bond acceptors (Lipinski definition) is 4. The molecule has 1 aromatic rings. The Hall–Kier alpha value is -2.18. The number of carbonyl (C=O) groups is 2. The highest BCUT2D eigenvalue weighted by Gasteiger charge is 2.45. The Morgan fingerprint density at radius 1 is 1.13 bits per heavy atom. The highest BCUT2D eigenvalue weighted by atomic mass is 16.2. The van der Waals surface area contributed by atoms with Gasteiger partial charge in [0, 0.05) is 50.0 Å². The third-order valence-electron chi connectivity index (χ3n) is 5.09. The molecule has 2 amide bonds. The number of hydrogen-bond donors (Lipinski definition) is 1. The van der Waals surface area contributed by atoms with E-state index in [0.717, 1.165) is 25.9 Å². The van der Waals surface area contributed by atoms with Crippen molar-refractivity contribution in [3.8, 4) is 0 Å². The van der Waals surface area contributed by atoms with Gasteiger partial charge >= 0.3 is 0 Å². The molecule has 1 N–H and O–H groups in total. The van der Waals surface area contributed by atoms with Crippen LogP contribution in [0.15, 0.2) is 10.9 Å². The Balaban J connectivity index is 1.43. The van der Waals surface area contributed by atoms with E-state index in [1.807, 2.05) is 4.90 Å². The Morgan fingerprint density at radius 2 is 1.74 bits per heavy atom. The van der Waals surface area contributed by atoms with Crippen molar-refractivity contribution in [1.29, 1.82) is 0 Å². The maximum absolute atomic E-state index is 12.5. The summed E-state index contributed by atoms with van der Waals surface area (Å²) in [5.41, 5.74) is -0.0985. The normalized spacial score (nSPS) is 26.5. The lowest BCUT2D eigenvalue weighted by Crippen LogP contribution is -2.36. The molecule has 3 heterocycles. The molecule has 7 heteroatoms. The number of carbonyl (C=O) groups excluding carboxylic acids is 2. The van der Waals surface area contributed by atoms with Crippen molar-refractivity contribution < 1.29 is 9.59 Å². The molecule has 3 fully saturated rings. The summed E-state index contributed by atoms with van der Waals surface area (Å²) in [5.74, 6) is 1.52. The number of aryl methyl sites for hydroxylation is 1. The van der Waals surface area contributed by atoms with E-state index >= 15 is 0 Å². The van der Waals surface area contributed by atoms with E-state index in [-0.39, 0.29) is 23.1 Å². The molecule has 4 rings (SSSR count). The summed E-state index contributed by atoms with van der Waals surface area (Å²) in [4.78, 5) is 46.6. The number of rotatable bonds is 2. The zero-order chi connectivity index (χ0) is 16.1. The van der Waals surface area contributed by atoms with Crippen LogP contribution < -0.4 is 5.56 Å². The van der Waals surface area contributed by atoms with Crippen LogP contribution in [0, 0.1) is 24.7 Å². The summed E-state index contributed by atoms with van der Waals surface area (Å²) in [6, 6.07) is 1.26. The average Bonchev–Trinajstić information content (AvgIpc) is 3.15. The Kier molecular flexibility index (Phi) is 3.25. The van der Waals surface area contributed by atoms with Gasteiger partial charge in [0.2, 0.25) is 5.91 Å². The largest absolute Gasteiger partial charge is 0.342 e. The summed E-state index contributed by atoms with van der Waals surface area (Å²) in [7, 11) is 0. The molecule has 2 aliphatic heterocycles. The van der Waals surface area contributed by atoms with Gasteiger partial charge in [0.05, 0.1) is 0 Å². The lowest BCUT2D eigenvalue weighted by molar-refractivity contribution is -0.131. The summed E-state index contributed by atoms with van der Waals surface area (Å²) in [6.07, 6.45) is 2.06. The van der Waals surface area contributed by atoms with Gasteiger partial charge < -0.3 is 14.8 Å². The molecule has 1 saturated carbocycles. The van der Waals surface area contributed by atoms with Crippen molar-refractivity contribution in [2.45, 2.75) is 19.8 Å². The van der Waals surface area contributed by atoms with Gasteiger partial charge in [-0.15, -0.1) is 0 Å². The Morgan fingerprint density at radius 3 is 2.30 bits per heavy atom. The first kappa shape index (κ1) is 14.4. The second-order valence-corrected chi connectivity index (χ2v) is 6.96. The molecule has 7 nitrogen and oxygen atoms in total. The molecular formula is C16H20N4O3. The van der Waals surface area contributed by atoms with Gasteiger partial charge in [-0.1, -0.05) is 0 Å². The van der Waals surface area contributed by atoms with Crippen LogP contribution in [0.5, 0.6) is 0 Å². The van der Waals surface area contributed by atoms with Crippen LogP contribution in [0.25, 0.3) is 0 Å². The number of H-pyrrole nitrogens is 1. The van der Waals surface area contributed by atoms with Gasteiger partial charge in [-0.3, -0.25) is 14.4 Å². The first-order chi connectivity index (χ1) is 11.0. The fourth-order valence-corrected chi connectivity index (χ4v) is 3.78. The van der Waals surface area contributed by atoms with E-state index in [1.54, 1.807) is 11.8 Å². The maximum atomic E-state index is 12.5. The SMILES string of the molecule is Cc1nc(C(=O)N2C[C@@H]3CN(C(=O)C4CC4)C[C@@H]3C2)cc(=O)[nH]1. The third kappa shape index (κ3) is 2.64. The molecule has 122 valence electrons. The topological polar surface area (TPSA) is 86.4 Å². The molecule has 0 aromatic carbocycles. The fourth-order valence-electron chi connectivity index (χ4n) is 3.78. The van der Waals surface area contributed by atoms with E-state index < -0.39 is 0 Å². The van der Waals surface area contributed by atoms with Crippen LogP contribution >= 0.6 is 0 Å². The van der Waals surface area contributed by atoms with Gasteiger partial charge in [0.15, 0.2) is 0 Å². The molecule has 0 bridgehead atoms. The van der Waals surface area contributed by atoms with Gasteiger partial charge in [-0.2, -0.15) is 0 Å². The van der Waals surface area contributed by atoms with Crippen LogP contribution in [0.1, 0.15) is 29.2 Å². The summed E-state index contributed by atoms with van der Waals surface area (Å²) in [5, 5.41) is 0. The first-order valence-corrected chi connectivity index (χ1v) is 8.17. The van der Waals surface area contributed by atoms with E-state index in [1.165, 1.54) is 6.07 Å². The lowest BCUT2D eigenvalue weighted by atomic mass is 10.0. The number of aromatic nitrogens is 2. The molecular weight excluding hydrogens is 296 g/mol. The van der Waals surface area contributed by atoms with Crippen molar-refractivity contribution in [2.75, 3.05) is 26.2 Å². The molecule has 1 aliphatic carbocycles. The number of fused-ring (bicyclic) bond motifs is 1. The molecule has 3 aliphatic rings. The van der Waals surface area contributed by atoms with Crippen LogP contribution in [0.4, 0.5) is 0 Å². The smallest absolute Gasteiger partial charge is 0.272 e. The average molecular weight is 316 g/mol. The van der Waals surface area contributed by atoms with Crippen LogP contribution in [0.3, 0.4) is 0 Å². The number of likely N-dealkylation sites (tertiary alicyclic amines) is 2. The van der Waals surface area contributed by atoms with Crippen molar-refractivity contribution in [1.82, 2.24) is 19.8 Å². The van der Waals surface area contributed by atoms with E-state index in [4.69, 9.17) is 0 Å². The maximum Gasteiger partial charge on any atom is 0.272 e. The molecule has 2 saturated heterocycles. The molecule has 0 unspecified atom stereocenters. The van der Waals surface area contributed by atoms with Gasteiger partial charge in [-0.25, -0.2) is 4.98 Å². The summed E-state index contributed by atoms with van der Waals surface area (Å²) < 4.78 is 0. The molecule has 1 aromatic heterocycles. The second kappa shape index (κ2) is 5.18. The predicted octanol–water partition coefficient (Wildman–Crippen LogP) is 0.0187. The number of aromatic amines is 1. The number of nitrogens with one attached hydrogen (secondary N) is 1. The first-order valence-electron chi connectivity index (χ1n) is 8.17. The fraction of sp³-hybridized carbons (Fsp3) is 0.625. The van der Waals surface area contributed by atoms with Gasteiger partial charge in [0.1, 0.15) is 11.5 Å². The monoisotopic (exact) mass is 316 g/mol. The van der Waals surface area contributed by atoms with E-state index in [2.05, 4.69) is 9.97 Å². The Bertz CT molecular complexity index is 710. The summed E-state index contributed by atoms with van der Waals surface area (Å²) >= 11 is 0. The zero-order valence-corrected chi connectivity index (χ0v) is 13.1. The standard InChI is InChI=1S/C16H20N4O3/c1-9-17-13(4-14(21)18-9)16(23)20-7-11-5-19(6-12(11)8-20)15(22)10-2-3-10/h4,10-12H,2-3,5-8H2,1H3,(H,17,18,21)/t11-,12+. The second-order valence-electron chi connectivity index (χ2n) is 6.96. The highest BCUT2D eigenvalue weighted by Crippen LogP contribution is 2.36. The van der Waals surface area contributed by atoms with Crippen molar-refractivity contribution in [3.05, 3.63) is 27.9 Å². The van der Waals surface area contributed by atoms with Crippen LogP contribution in [-0.2, 0) is 4.79 Å². The minimum Gasteiger partial charge on any atom is -0.342 e. The molecule has 2 atom stereocenters. The van der Waals surface area contributed by atoms with Gasteiger partial charge in [0.25, 0.3) is 11.5 Å².